The van der Waals surface area contributed by atoms with Crippen molar-refractivity contribution < 1.29 is 0 Å². The Morgan fingerprint density at radius 2 is 2.08 bits per heavy atom. The summed E-state index contributed by atoms with van der Waals surface area (Å²) in [6, 6.07) is 8.40. The van der Waals surface area contributed by atoms with Crippen LogP contribution in [0, 0.1) is 0 Å². The summed E-state index contributed by atoms with van der Waals surface area (Å²) in [5, 5.41) is 3.89. The quantitative estimate of drug-likeness (QED) is 0.543. The summed E-state index contributed by atoms with van der Waals surface area (Å²) in [4.78, 5) is 0. The Balaban J connectivity index is 2.24. The van der Waals surface area contributed by atoms with Crippen molar-refractivity contribution in [1.29, 1.82) is 0 Å². The van der Waals surface area contributed by atoms with Gasteiger partial charge >= 0.3 is 0 Å². The molecule has 0 amide bonds. The third kappa shape index (κ3) is 0.619. The number of benzene rings is 1. The van der Waals surface area contributed by atoms with Gasteiger partial charge in [-0.2, -0.15) is 10.5 Å². The number of fused-ring (bicyclic) bond motifs is 2. The maximum atomic E-state index is 4.06. The van der Waals surface area contributed by atoms with Gasteiger partial charge in [-0.1, -0.05) is 24.3 Å². The van der Waals surface area contributed by atoms with E-state index >= 15 is 0 Å². The van der Waals surface area contributed by atoms with E-state index in [4.69, 9.17) is 0 Å². The van der Waals surface area contributed by atoms with Gasteiger partial charge in [0.15, 0.2) is 0 Å². The molecule has 0 saturated carbocycles. The lowest BCUT2D eigenvalue weighted by atomic mass is 10.1. The lowest BCUT2D eigenvalue weighted by Crippen LogP contribution is -1.92. The fourth-order valence-electron chi connectivity index (χ4n) is 1.76. The molecule has 0 saturated heterocycles. The van der Waals surface area contributed by atoms with Gasteiger partial charge in [-0.05, 0) is 11.1 Å². The molecule has 1 aliphatic heterocycles. The Labute approximate surface area is 70.6 Å². The Morgan fingerprint density at radius 1 is 1.17 bits per heavy atom. The molecule has 2 aliphatic rings. The van der Waals surface area contributed by atoms with Gasteiger partial charge in [-0.25, -0.2) is 0 Å². The lowest BCUT2D eigenvalue weighted by molar-refractivity contribution is 0.863. The highest BCUT2D eigenvalue weighted by atomic mass is 15.3. The molecule has 0 spiro atoms. The molecule has 2 heteroatoms. The van der Waals surface area contributed by atoms with Crippen molar-refractivity contribution >= 4 is 11.8 Å². The molecule has 1 heterocycles. The SMILES string of the molecule is C1=N[N]C2=C1c1ccccc1C2. The third-order valence-corrected chi connectivity index (χ3v) is 2.34. The van der Waals surface area contributed by atoms with Gasteiger partial charge in [-0.3, -0.25) is 0 Å². The van der Waals surface area contributed by atoms with Crippen LogP contribution in [0.5, 0.6) is 0 Å². The van der Waals surface area contributed by atoms with Gasteiger partial charge in [0, 0.05) is 12.0 Å². The third-order valence-electron chi connectivity index (χ3n) is 2.34. The number of rotatable bonds is 0. The molecular weight excluding hydrogens is 148 g/mol. The van der Waals surface area contributed by atoms with Gasteiger partial charge in [0.25, 0.3) is 0 Å². The summed E-state index contributed by atoms with van der Waals surface area (Å²) in [5.74, 6) is 0. The van der Waals surface area contributed by atoms with E-state index in [0.717, 1.165) is 12.1 Å². The molecule has 1 aromatic carbocycles. The molecule has 1 radical (unpaired) electrons. The molecule has 0 bridgehead atoms. The Morgan fingerprint density at radius 3 is 3.08 bits per heavy atom. The van der Waals surface area contributed by atoms with Crippen LogP contribution >= 0.6 is 0 Å². The summed E-state index contributed by atoms with van der Waals surface area (Å²) in [6.07, 6.45) is 2.80. The second-order valence-electron chi connectivity index (χ2n) is 3.04. The van der Waals surface area contributed by atoms with E-state index in [9.17, 15) is 0 Å². The molecule has 1 aliphatic carbocycles. The van der Waals surface area contributed by atoms with Crippen molar-refractivity contribution in [2.24, 2.45) is 5.10 Å². The first-order valence-electron chi connectivity index (χ1n) is 4.00. The molecule has 0 fully saturated rings. The van der Waals surface area contributed by atoms with E-state index in [1.807, 2.05) is 6.21 Å². The van der Waals surface area contributed by atoms with Gasteiger partial charge in [-0.15, -0.1) is 0 Å². The molecule has 0 N–H and O–H groups in total. The molecule has 12 heavy (non-hydrogen) atoms. The maximum absolute atomic E-state index is 4.06. The molecule has 2 nitrogen and oxygen atoms in total. The average molecular weight is 155 g/mol. The van der Waals surface area contributed by atoms with Crippen molar-refractivity contribution in [2.45, 2.75) is 6.42 Å². The zero-order chi connectivity index (χ0) is 7.97. The monoisotopic (exact) mass is 155 g/mol. The minimum absolute atomic E-state index is 0.950. The Hall–Kier alpha value is -1.57. The summed E-state index contributed by atoms with van der Waals surface area (Å²) in [5.41, 5.74) is 9.07. The van der Waals surface area contributed by atoms with E-state index in [2.05, 4.69) is 34.8 Å². The first-order chi connectivity index (χ1) is 5.95. The molecule has 0 atom stereocenters. The highest BCUT2D eigenvalue weighted by Crippen LogP contribution is 2.32. The average Bonchev–Trinajstić information content (AvgIpc) is 2.62. The topological polar surface area (TPSA) is 26.5 Å². The van der Waals surface area contributed by atoms with Crippen molar-refractivity contribution in [3.05, 3.63) is 41.1 Å². The molecule has 0 unspecified atom stereocenters. The van der Waals surface area contributed by atoms with Crippen LogP contribution in [-0.2, 0) is 6.42 Å². The van der Waals surface area contributed by atoms with E-state index < -0.39 is 0 Å². The van der Waals surface area contributed by atoms with Crippen molar-refractivity contribution in [2.75, 3.05) is 0 Å². The smallest absolute Gasteiger partial charge is 0.0768 e. The standard InChI is InChI=1S/C10H7N2/c1-2-4-8-7(3-1)5-10-9(8)6-11-12-10/h1-4,6H,5H2. The minimum Gasteiger partial charge on any atom is -0.158 e. The summed E-state index contributed by atoms with van der Waals surface area (Å²) < 4.78 is 0. The van der Waals surface area contributed by atoms with Crippen LogP contribution < -0.4 is 5.43 Å². The Kier molecular flexibility index (Phi) is 0.987. The zero-order valence-electron chi connectivity index (χ0n) is 6.49. The predicted octanol–water partition coefficient (Wildman–Crippen LogP) is 1.56. The fourth-order valence-corrected chi connectivity index (χ4v) is 1.76. The van der Waals surface area contributed by atoms with Crippen molar-refractivity contribution in [1.82, 2.24) is 5.43 Å². The lowest BCUT2D eigenvalue weighted by Gasteiger charge is -1.97. The number of nitrogens with zero attached hydrogens (tertiary/aromatic N) is 2. The zero-order valence-corrected chi connectivity index (χ0v) is 6.49. The summed E-state index contributed by atoms with van der Waals surface area (Å²) in [7, 11) is 0. The summed E-state index contributed by atoms with van der Waals surface area (Å²) in [6.45, 7) is 0. The molecular formula is C10H7N2. The van der Waals surface area contributed by atoms with Crippen LogP contribution in [0.1, 0.15) is 11.1 Å². The van der Waals surface area contributed by atoms with E-state index in [-0.39, 0.29) is 0 Å². The van der Waals surface area contributed by atoms with Crippen LogP contribution in [0.3, 0.4) is 0 Å². The number of hydrogen-bond donors (Lipinski definition) is 0. The van der Waals surface area contributed by atoms with Crippen LogP contribution in [-0.4, -0.2) is 6.21 Å². The normalized spacial score (nSPS) is 17.7. The maximum Gasteiger partial charge on any atom is 0.0768 e. The first kappa shape index (κ1) is 6.00. The number of hydrogen-bond acceptors (Lipinski definition) is 1. The van der Waals surface area contributed by atoms with E-state index in [1.165, 1.54) is 16.7 Å². The van der Waals surface area contributed by atoms with Gasteiger partial charge < -0.3 is 0 Å². The van der Waals surface area contributed by atoms with Crippen LogP contribution in [0.25, 0.3) is 5.57 Å². The van der Waals surface area contributed by atoms with Crippen molar-refractivity contribution in [3.8, 4) is 0 Å². The highest BCUT2D eigenvalue weighted by molar-refractivity contribution is 6.14. The van der Waals surface area contributed by atoms with Gasteiger partial charge in [0.2, 0.25) is 0 Å². The molecule has 57 valence electrons. The predicted molar refractivity (Wildman–Crippen MR) is 47.7 cm³/mol. The highest BCUT2D eigenvalue weighted by Gasteiger charge is 2.23. The minimum atomic E-state index is 0.950. The van der Waals surface area contributed by atoms with Crippen LogP contribution in [0.4, 0.5) is 0 Å². The van der Waals surface area contributed by atoms with Crippen molar-refractivity contribution in [3.63, 3.8) is 0 Å². The molecule has 0 aromatic heterocycles. The largest absolute Gasteiger partial charge is 0.158 e. The van der Waals surface area contributed by atoms with Crippen LogP contribution in [0.15, 0.2) is 35.1 Å². The van der Waals surface area contributed by atoms with Gasteiger partial charge in [0.1, 0.15) is 0 Å². The summed E-state index contributed by atoms with van der Waals surface area (Å²) >= 11 is 0. The van der Waals surface area contributed by atoms with Gasteiger partial charge in [0.05, 0.1) is 11.9 Å². The second kappa shape index (κ2) is 1.97. The first-order valence-corrected chi connectivity index (χ1v) is 4.00. The molecule has 1 aromatic rings. The van der Waals surface area contributed by atoms with Crippen LogP contribution in [0.2, 0.25) is 0 Å². The Bertz CT molecular complexity index is 402. The van der Waals surface area contributed by atoms with E-state index in [0.29, 0.717) is 0 Å². The second-order valence-corrected chi connectivity index (χ2v) is 3.04. The van der Waals surface area contributed by atoms with E-state index in [1.54, 1.807) is 0 Å². The fraction of sp³-hybridized carbons (Fsp3) is 0.100. The number of allylic oxidation sites excluding steroid dienone is 2. The molecule has 3 rings (SSSR count).